The number of aryl methyl sites for hydroxylation is 1. The molecule has 0 atom stereocenters. The average Bonchev–Trinajstić information content (AvgIpc) is 2.49. The van der Waals surface area contributed by atoms with Crippen molar-refractivity contribution in [1.29, 1.82) is 0 Å². The summed E-state index contributed by atoms with van der Waals surface area (Å²) in [6, 6.07) is 10.5. The number of anilines is 1. The molecule has 0 aromatic heterocycles. The molecule has 0 amide bonds. The monoisotopic (exact) mass is 287 g/mol. The first-order chi connectivity index (χ1) is 9.65. The molecule has 0 bridgehead atoms. The zero-order valence-electron chi connectivity index (χ0n) is 10.9. The van der Waals surface area contributed by atoms with Gasteiger partial charge in [0.2, 0.25) is 0 Å². The Kier molecular flexibility index (Phi) is 3.36. The Balaban J connectivity index is 1.95. The van der Waals surface area contributed by atoms with Gasteiger partial charge in [0.1, 0.15) is 5.75 Å². The highest BCUT2D eigenvalue weighted by molar-refractivity contribution is 6.33. The molecule has 1 heterocycles. The highest BCUT2D eigenvalue weighted by atomic mass is 35.5. The Bertz CT molecular complexity index is 682. The molecule has 2 aromatic carbocycles. The molecule has 1 aliphatic rings. The van der Waals surface area contributed by atoms with Crippen LogP contribution in [-0.2, 0) is 6.42 Å². The Morgan fingerprint density at radius 3 is 2.70 bits per heavy atom. The van der Waals surface area contributed by atoms with Gasteiger partial charge in [-0.25, -0.2) is 0 Å². The Morgan fingerprint density at radius 1 is 1.15 bits per heavy atom. The van der Waals surface area contributed by atoms with Crippen LogP contribution in [0.5, 0.6) is 5.75 Å². The van der Waals surface area contributed by atoms with E-state index < -0.39 is 0 Å². The van der Waals surface area contributed by atoms with Gasteiger partial charge in [-0.1, -0.05) is 11.6 Å². The summed E-state index contributed by atoms with van der Waals surface area (Å²) in [5.41, 5.74) is 8.44. The van der Waals surface area contributed by atoms with Crippen molar-refractivity contribution in [3.05, 3.63) is 58.1 Å². The van der Waals surface area contributed by atoms with Crippen molar-refractivity contribution in [3.63, 3.8) is 0 Å². The van der Waals surface area contributed by atoms with Crippen LogP contribution in [0.3, 0.4) is 0 Å². The Hall–Kier alpha value is -2.00. The molecule has 0 saturated carbocycles. The molecule has 20 heavy (non-hydrogen) atoms. The third-order valence-corrected chi connectivity index (χ3v) is 3.77. The topological polar surface area (TPSA) is 52.3 Å². The number of ether oxygens (including phenoxy) is 1. The molecular weight excluding hydrogens is 274 g/mol. The molecule has 0 saturated heterocycles. The number of benzene rings is 2. The molecule has 0 radical (unpaired) electrons. The van der Waals surface area contributed by atoms with Crippen LogP contribution in [0.1, 0.15) is 27.9 Å². The zero-order chi connectivity index (χ0) is 14.1. The number of fused-ring (bicyclic) bond motifs is 1. The second-order valence-corrected chi connectivity index (χ2v) is 5.25. The fourth-order valence-electron chi connectivity index (χ4n) is 2.35. The van der Waals surface area contributed by atoms with Gasteiger partial charge in [-0.3, -0.25) is 4.79 Å². The highest BCUT2D eigenvalue weighted by Gasteiger charge is 2.15. The molecule has 3 nitrogen and oxygen atoms in total. The number of carbonyl (C=O) groups is 1. The van der Waals surface area contributed by atoms with Gasteiger partial charge < -0.3 is 10.5 Å². The van der Waals surface area contributed by atoms with Crippen LogP contribution in [0.25, 0.3) is 0 Å². The standard InChI is InChI=1S/C16H14ClNO2/c17-13-5-3-12(9-14(13)18)16(19)11-4-6-15-10(8-11)2-1-7-20-15/h3-6,8-9H,1-2,7,18H2. The normalized spacial score (nSPS) is 13.4. The molecule has 4 heteroatoms. The number of halogens is 1. The van der Waals surface area contributed by atoms with Crippen molar-refractivity contribution >= 4 is 23.1 Å². The molecule has 2 aromatic rings. The van der Waals surface area contributed by atoms with Crippen LogP contribution >= 0.6 is 11.6 Å². The van der Waals surface area contributed by atoms with Crippen molar-refractivity contribution in [3.8, 4) is 5.75 Å². The maximum absolute atomic E-state index is 12.5. The summed E-state index contributed by atoms with van der Waals surface area (Å²) in [6.45, 7) is 0.744. The molecule has 0 fully saturated rings. The minimum Gasteiger partial charge on any atom is -0.493 e. The largest absolute Gasteiger partial charge is 0.493 e. The SMILES string of the molecule is Nc1cc(C(=O)c2ccc3c(c2)CCCO3)ccc1Cl. The van der Waals surface area contributed by atoms with Crippen LogP contribution in [0.2, 0.25) is 5.02 Å². The van der Waals surface area contributed by atoms with E-state index in [4.69, 9.17) is 22.1 Å². The smallest absolute Gasteiger partial charge is 0.193 e. The third-order valence-electron chi connectivity index (χ3n) is 3.43. The van der Waals surface area contributed by atoms with E-state index in [0.29, 0.717) is 21.8 Å². The number of nitrogen functional groups attached to an aromatic ring is 1. The van der Waals surface area contributed by atoms with Crippen LogP contribution in [-0.4, -0.2) is 12.4 Å². The lowest BCUT2D eigenvalue weighted by atomic mass is 9.98. The van der Waals surface area contributed by atoms with Gasteiger partial charge in [0.15, 0.2) is 5.78 Å². The van der Waals surface area contributed by atoms with Gasteiger partial charge >= 0.3 is 0 Å². The summed E-state index contributed by atoms with van der Waals surface area (Å²) in [4.78, 5) is 12.5. The van der Waals surface area contributed by atoms with E-state index in [1.807, 2.05) is 12.1 Å². The number of ketones is 1. The third kappa shape index (κ3) is 2.37. The summed E-state index contributed by atoms with van der Waals surface area (Å²) in [5.74, 6) is 0.824. The summed E-state index contributed by atoms with van der Waals surface area (Å²) < 4.78 is 5.55. The van der Waals surface area contributed by atoms with Gasteiger partial charge in [0.25, 0.3) is 0 Å². The molecule has 0 unspecified atom stereocenters. The number of hydrogen-bond acceptors (Lipinski definition) is 3. The number of carbonyl (C=O) groups excluding carboxylic acids is 1. The van der Waals surface area contributed by atoms with E-state index >= 15 is 0 Å². The van der Waals surface area contributed by atoms with E-state index in [-0.39, 0.29) is 5.78 Å². The molecule has 0 spiro atoms. The fourth-order valence-corrected chi connectivity index (χ4v) is 2.47. The van der Waals surface area contributed by atoms with Crippen LogP contribution < -0.4 is 10.5 Å². The van der Waals surface area contributed by atoms with Crippen molar-refractivity contribution in [2.45, 2.75) is 12.8 Å². The van der Waals surface area contributed by atoms with Crippen molar-refractivity contribution in [2.75, 3.05) is 12.3 Å². The zero-order valence-corrected chi connectivity index (χ0v) is 11.6. The quantitative estimate of drug-likeness (QED) is 0.679. The lowest BCUT2D eigenvalue weighted by molar-refractivity contribution is 0.103. The molecule has 102 valence electrons. The van der Waals surface area contributed by atoms with E-state index in [0.717, 1.165) is 30.8 Å². The maximum Gasteiger partial charge on any atom is 0.193 e. The Labute approximate surface area is 122 Å². The number of nitrogens with two attached hydrogens (primary N) is 1. The highest BCUT2D eigenvalue weighted by Crippen LogP contribution is 2.27. The minimum atomic E-state index is -0.0539. The first-order valence-corrected chi connectivity index (χ1v) is 6.88. The van der Waals surface area contributed by atoms with Gasteiger partial charge in [-0.05, 0) is 54.8 Å². The van der Waals surface area contributed by atoms with E-state index in [1.165, 1.54) is 0 Å². The predicted molar refractivity (Wildman–Crippen MR) is 79.6 cm³/mol. The summed E-state index contributed by atoms with van der Waals surface area (Å²) in [6.07, 6.45) is 1.93. The van der Waals surface area contributed by atoms with E-state index in [2.05, 4.69) is 0 Å². The Morgan fingerprint density at radius 2 is 1.90 bits per heavy atom. The fraction of sp³-hybridized carbons (Fsp3) is 0.188. The number of hydrogen-bond donors (Lipinski definition) is 1. The second-order valence-electron chi connectivity index (χ2n) is 4.84. The van der Waals surface area contributed by atoms with Crippen LogP contribution in [0, 0.1) is 0 Å². The van der Waals surface area contributed by atoms with Crippen molar-refractivity contribution in [2.24, 2.45) is 0 Å². The summed E-state index contributed by atoms with van der Waals surface area (Å²) in [5, 5.41) is 0.459. The maximum atomic E-state index is 12.5. The lowest BCUT2D eigenvalue weighted by Gasteiger charge is -2.17. The lowest BCUT2D eigenvalue weighted by Crippen LogP contribution is -2.10. The van der Waals surface area contributed by atoms with Crippen LogP contribution in [0.15, 0.2) is 36.4 Å². The molecule has 3 rings (SSSR count). The van der Waals surface area contributed by atoms with E-state index in [9.17, 15) is 4.79 Å². The van der Waals surface area contributed by atoms with Crippen LogP contribution in [0.4, 0.5) is 5.69 Å². The first-order valence-electron chi connectivity index (χ1n) is 6.50. The van der Waals surface area contributed by atoms with Gasteiger partial charge in [-0.15, -0.1) is 0 Å². The second kappa shape index (κ2) is 5.17. The van der Waals surface area contributed by atoms with Gasteiger partial charge in [0, 0.05) is 11.1 Å². The van der Waals surface area contributed by atoms with Gasteiger partial charge in [-0.2, -0.15) is 0 Å². The predicted octanol–water partition coefficient (Wildman–Crippen LogP) is 3.48. The minimum absolute atomic E-state index is 0.0539. The molecule has 1 aliphatic heterocycles. The molecule has 2 N–H and O–H groups in total. The van der Waals surface area contributed by atoms with E-state index in [1.54, 1.807) is 24.3 Å². The average molecular weight is 288 g/mol. The number of rotatable bonds is 2. The summed E-state index contributed by atoms with van der Waals surface area (Å²) in [7, 11) is 0. The molecule has 0 aliphatic carbocycles. The molecular formula is C16H14ClNO2. The van der Waals surface area contributed by atoms with Gasteiger partial charge in [0.05, 0.1) is 17.3 Å². The first kappa shape index (κ1) is 13.0. The summed E-state index contributed by atoms with van der Waals surface area (Å²) >= 11 is 5.87. The van der Waals surface area contributed by atoms with Crippen molar-refractivity contribution in [1.82, 2.24) is 0 Å². The van der Waals surface area contributed by atoms with Crippen molar-refractivity contribution < 1.29 is 9.53 Å².